The number of rotatable bonds is 2. The Hall–Kier alpha value is -1.40. The monoisotopic (exact) mass is 416 g/mol. The van der Waals surface area contributed by atoms with Crippen molar-refractivity contribution in [3.05, 3.63) is 44.3 Å². The van der Waals surface area contributed by atoms with Crippen molar-refractivity contribution in [2.45, 2.75) is 19.3 Å². The van der Waals surface area contributed by atoms with Gasteiger partial charge in [0.15, 0.2) is 0 Å². The molecule has 4 N–H and O–H groups in total. The maximum absolute atomic E-state index is 10.2. The van der Waals surface area contributed by atoms with Gasteiger partial charge < -0.3 is 20.4 Å². The molecule has 0 aromatic heterocycles. The molecule has 2 aromatic rings. The van der Waals surface area contributed by atoms with E-state index in [0.29, 0.717) is 11.1 Å². The van der Waals surface area contributed by atoms with Crippen LogP contribution >= 0.6 is 31.9 Å². The predicted octanol–water partition coefficient (Wildman–Crippen LogP) is 4.36. The third-order valence-electron chi connectivity index (χ3n) is 3.54. The highest BCUT2D eigenvalue weighted by Crippen LogP contribution is 2.48. The van der Waals surface area contributed by atoms with Crippen LogP contribution in [0.25, 0.3) is 0 Å². The molecule has 0 radical (unpaired) electrons. The molecule has 6 heteroatoms. The molecule has 0 saturated heterocycles. The lowest BCUT2D eigenvalue weighted by molar-refractivity contribution is 0.417. The fourth-order valence-corrected chi connectivity index (χ4v) is 2.95. The molecule has 0 heterocycles. The molecule has 0 atom stereocenters. The Kier molecular flexibility index (Phi) is 4.13. The zero-order valence-electron chi connectivity index (χ0n) is 11.4. The van der Waals surface area contributed by atoms with E-state index >= 15 is 0 Å². The number of benzene rings is 2. The van der Waals surface area contributed by atoms with Crippen LogP contribution in [0, 0.1) is 0 Å². The van der Waals surface area contributed by atoms with Crippen molar-refractivity contribution in [1.82, 2.24) is 0 Å². The minimum Gasteiger partial charge on any atom is -0.507 e. The highest BCUT2D eigenvalue weighted by atomic mass is 79.9. The largest absolute Gasteiger partial charge is 0.507 e. The van der Waals surface area contributed by atoms with E-state index in [2.05, 4.69) is 31.9 Å². The van der Waals surface area contributed by atoms with E-state index in [4.69, 9.17) is 0 Å². The first kappa shape index (κ1) is 16.0. The Balaban J connectivity index is 2.68. The van der Waals surface area contributed by atoms with Gasteiger partial charge in [-0.3, -0.25) is 0 Å². The van der Waals surface area contributed by atoms with E-state index in [-0.39, 0.29) is 31.9 Å². The molecule has 0 fully saturated rings. The summed E-state index contributed by atoms with van der Waals surface area (Å²) in [7, 11) is 0. The molecule has 2 aromatic carbocycles. The van der Waals surface area contributed by atoms with E-state index in [9.17, 15) is 20.4 Å². The normalized spacial score (nSPS) is 11.6. The summed E-state index contributed by atoms with van der Waals surface area (Å²) in [6.45, 7) is 3.65. The standard InChI is InChI=1S/C15H14Br2O4/c1-15(2,7-3-5-9(18)11(16)13(7)20)8-4-6-10(19)12(17)14(8)21/h3-6,18-21H,1-2H3. The Labute approximate surface area is 138 Å². The van der Waals surface area contributed by atoms with Gasteiger partial charge in [-0.15, -0.1) is 0 Å². The van der Waals surface area contributed by atoms with Gasteiger partial charge in [0.25, 0.3) is 0 Å². The summed E-state index contributed by atoms with van der Waals surface area (Å²) in [5, 5.41) is 39.7. The average molecular weight is 418 g/mol. The first-order chi connectivity index (χ1) is 9.67. The van der Waals surface area contributed by atoms with E-state index < -0.39 is 5.41 Å². The van der Waals surface area contributed by atoms with Gasteiger partial charge in [-0.05, 0) is 44.0 Å². The molecule has 2 rings (SSSR count). The van der Waals surface area contributed by atoms with E-state index in [1.165, 1.54) is 12.1 Å². The predicted molar refractivity (Wildman–Crippen MR) is 87.1 cm³/mol. The van der Waals surface area contributed by atoms with Gasteiger partial charge in [0.1, 0.15) is 31.9 Å². The number of phenolic OH excluding ortho intramolecular Hbond substituents is 4. The Morgan fingerprint density at radius 3 is 1.38 bits per heavy atom. The first-order valence-electron chi connectivity index (χ1n) is 6.09. The van der Waals surface area contributed by atoms with Crippen molar-refractivity contribution in [2.75, 3.05) is 0 Å². The smallest absolute Gasteiger partial charge is 0.137 e. The summed E-state index contributed by atoms with van der Waals surface area (Å²) >= 11 is 6.26. The van der Waals surface area contributed by atoms with Crippen molar-refractivity contribution in [3.8, 4) is 23.0 Å². The third kappa shape index (κ3) is 2.58. The second kappa shape index (κ2) is 5.42. The zero-order chi connectivity index (χ0) is 15.9. The molecule has 0 aliphatic rings. The van der Waals surface area contributed by atoms with Crippen molar-refractivity contribution in [3.63, 3.8) is 0 Å². The van der Waals surface area contributed by atoms with Gasteiger partial charge >= 0.3 is 0 Å². The van der Waals surface area contributed by atoms with Crippen LogP contribution in [0.4, 0.5) is 0 Å². The van der Waals surface area contributed by atoms with Crippen LogP contribution in [0.3, 0.4) is 0 Å². The number of halogens is 2. The van der Waals surface area contributed by atoms with Gasteiger partial charge in [-0.1, -0.05) is 26.0 Å². The van der Waals surface area contributed by atoms with Crippen molar-refractivity contribution in [1.29, 1.82) is 0 Å². The van der Waals surface area contributed by atoms with Crippen LogP contribution in [0.15, 0.2) is 33.2 Å². The summed E-state index contributed by atoms with van der Waals surface area (Å²) in [6, 6.07) is 6.12. The quantitative estimate of drug-likeness (QED) is 0.585. The van der Waals surface area contributed by atoms with Crippen molar-refractivity contribution in [2.24, 2.45) is 0 Å². The Morgan fingerprint density at radius 2 is 1.05 bits per heavy atom. The van der Waals surface area contributed by atoms with Gasteiger partial charge in [-0.2, -0.15) is 0 Å². The lowest BCUT2D eigenvalue weighted by Crippen LogP contribution is -2.19. The van der Waals surface area contributed by atoms with Gasteiger partial charge in [-0.25, -0.2) is 0 Å². The minimum atomic E-state index is -0.749. The molecule has 0 saturated carbocycles. The molecule has 0 aliphatic heterocycles. The molecule has 0 bridgehead atoms. The van der Waals surface area contributed by atoms with E-state index in [1.807, 2.05) is 13.8 Å². The van der Waals surface area contributed by atoms with Crippen LogP contribution in [0.2, 0.25) is 0 Å². The number of hydrogen-bond acceptors (Lipinski definition) is 4. The maximum Gasteiger partial charge on any atom is 0.137 e. The molecule has 4 nitrogen and oxygen atoms in total. The second-order valence-corrected chi connectivity index (χ2v) is 6.80. The SMILES string of the molecule is CC(C)(c1ccc(O)c(Br)c1O)c1ccc(O)c(Br)c1O. The molecule has 0 amide bonds. The molecule has 0 unspecified atom stereocenters. The summed E-state index contributed by atoms with van der Waals surface area (Å²) in [4.78, 5) is 0. The first-order valence-corrected chi connectivity index (χ1v) is 7.68. The third-order valence-corrected chi connectivity index (χ3v) is 5.10. The lowest BCUT2D eigenvalue weighted by Gasteiger charge is -2.28. The number of phenols is 4. The highest BCUT2D eigenvalue weighted by Gasteiger charge is 2.31. The summed E-state index contributed by atoms with van der Waals surface area (Å²) < 4.78 is 0.399. The van der Waals surface area contributed by atoms with Crippen LogP contribution in [0.5, 0.6) is 23.0 Å². The summed E-state index contributed by atoms with van der Waals surface area (Å²) in [6.07, 6.45) is 0. The molecule has 21 heavy (non-hydrogen) atoms. The summed E-state index contributed by atoms with van der Waals surface area (Å²) in [5.41, 5.74) is 0.306. The maximum atomic E-state index is 10.2. The minimum absolute atomic E-state index is 0.0665. The van der Waals surface area contributed by atoms with E-state index in [0.717, 1.165) is 0 Å². The molecular formula is C15H14Br2O4. The molecule has 0 spiro atoms. The number of aromatic hydroxyl groups is 4. The molecule has 0 aliphatic carbocycles. The van der Waals surface area contributed by atoms with Crippen molar-refractivity contribution >= 4 is 31.9 Å². The van der Waals surface area contributed by atoms with Crippen LogP contribution in [-0.4, -0.2) is 20.4 Å². The highest BCUT2D eigenvalue weighted by molar-refractivity contribution is 9.11. The fraction of sp³-hybridized carbons (Fsp3) is 0.200. The van der Waals surface area contributed by atoms with Gasteiger partial charge in [0, 0.05) is 16.5 Å². The van der Waals surface area contributed by atoms with E-state index in [1.54, 1.807) is 12.1 Å². The molecular weight excluding hydrogens is 404 g/mol. The van der Waals surface area contributed by atoms with Gasteiger partial charge in [0.2, 0.25) is 0 Å². The second-order valence-electron chi connectivity index (χ2n) is 5.21. The topological polar surface area (TPSA) is 80.9 Å². The Morgan fingerprint density at radius 1 is 0.714 bits per heavy atom. The zero-order valence-corrected chi connectivity index (χ0v) is 14.5. The fourth-order valence-electron chi connectivity index (χ4n) is 2.26. The van der Waals surface area contributed by atoms with Crippen LogP contribution in [-0.2, 0) is 5.41 Å². The lowest BCUT2D eigenvalue weighted by atomic mass is 9.77. The molecule has 112 valence electrons. The van der Waals surface area contributed by atoms with Gasteiger partial charge in [0.05, 0.1) is 0 Å². The summed E-state index contributed by atoms with van der Waals surface area (Å²) in [5.74, 6) is -0.321. The van der Waals surface area contributed by atoms with Crippen molar-refractivity contribution < 1.29 is 20.4 Å². The average Bonchev–Trinajstić information content (AvgIpc) is 2.41. The number of hydrogen-bond donors (Lipinski definition) is 4. The van der Waals surface area contributed by atoms with Crippen LogP contribution in [0.1, 0.15) is 25.0 Å². The van der Waals surface area contributed by atoms with Crippen LogP contribution < -0.4 is 0 Å². The Bertz CT molecular complexity index is 652.